The minimum absolute atomic E-state index is 0.140. The summed E-state index contributed by atoms with van der Waals surface area (Å²) in [6.45, 7) is 8.21. The molecule has 1 aromatic carbocycles. The van der Waals surface area contributed by atoms with Crippen molar-refractivity contribution in [2.24, 2.45) is 0 Å². The number of morpholine rings is 1. The first-order valence-electron chi connectivity index (χ1n) is 7.57. The quantitative estimate of drug-likeness (QED) is 0.863. The van der Waals surface area contributed by atoms with E-state index in [-0.39, 0.29) is 23.6 Å². The molecule has 5 nitrogen and oxygen atoms in total. The Hall–Kier alpha value is -1.85. The topological polar surface area (TPSA) is 62.9 Å². The summed E-state index contributed by atoms with van der Waals surface area (Å²) in [5.41, 5.74) is 1.61. The van der Waals surface area contributed by atoms with Gasteiger partial charge in [0, 0.05) is 36.7 Å². The summed E-state index contributed by atoms with van der Waals surface area (Å²) < 4.78 is 11.0. The molecule has 5 heteroatoms. The third-order valence-corrected chi connectivity index (χ3v) is 4.11. The average Bonchev–Trinajstić information content (AvgIpc) is 2.42. The summed E-state index contributed by atoms with van der Waals surface area (Å²) in [5.74, 6) is 0.140. The summed E-state index contributed by atoms with van der Waals surface area (Å²) in [7, 11) is 0. The molecular formula is C17H21NO4. The maximum atomic E-state index is 11.8. The zero-order valence-electron chi connectivity index (χ0n) is 13.1. The number of fused-ring (bicyclic) bond motifs is 1. The third kappa shape index (κ3) is 2.87. The average molecular weight is 303 g/mol. The van der Waals surface area contributed by atoms with Gasteiger partial charge in [-0.2, -0.15) is 0 Å². The Morgan fingerprint density at radius 2 is 1.95 bits per heavy atom. The maximum absolute atomic E-state index is 11.8. The van der Waals surface area contributed by atoms with E-state index in [1.807, 2.05) is 6.07 Å². The van der Waals surface area contributed by atoms with Gasteiger partial charge in [0.1, 0.15) is 11.3 Å². The summed E-state index contributed by atoms with van der Waals surface area (Å²) in [5, 5.41) is 10.7. The molecule has 1 aliphatic rings. The fourth-order valence-corrected chi connectivity index (χ4v) is 3.20. The highest BCUT2D eigenvalue weighted by Crippen LogP contribution is 2.28. The minimum Gasteiger partial charge on any atom is -0.508 e. The van der Waals surface area contributed by atoms with Crippen molar-refractivity contribution in [2.75, 3.05) is 13.1 Å². The van der Waals surface area contributed by atoms with Gasteiger partial charge in [0.05, 0.1) is 12.2 Å². The standard InChI is InChI=1S/C17H21NO4/c1-10-7-18(8-11(2)21-10)9-13-6-16(20)22-17-12(3)15(19)5-4-14(13)17/h4-6,10-11,19H,7-9H2,1-3H3/t10-,11+. The number of ether oxygens (including phenoxy) is 1. The molecule has 2 aromatic rings. The van der Waals surface area contributed by atoms with Crippen LogP contribution in [0, 0.1) is 6.92 Å². The molecule has 2 heterocycles. The first kappa shape index (κ1) is 15.1. The lowest BCUT2D eigenvalue weighted by atomic mass is 10.1. The molecule has 1 N–H and O–H groups in total. The first-order chi connectivity index (χ1) is 10.4. The molecule has 1 fully saturated rings. The number of hydrogen-bond donors (Lipinski definition) is 1. The Morgan fingerprint density at radius 1 is 1.27 bits per heavy atom. The molecule has 1 aromatic heterocycles. The number of hydrogen-bond acceptors (Lipinski definition) is 5. The molecule has 1 aliphatic heterocycles. The lowest BCUT2D eigenvalue weighted by Crippen LogP contribution is -2.44. The fraction of sp³-hybridized carbons (Fsp3) is 0.471. The summed E-state index contributed by atoms with van der Waals surface area (Å²) in [6, 6.07) is 5.00. The number of aryl methyl sites for hydroxylation is 1. The van der Waals surface area contributed by atoms with Gasteiger partial charge in [-0.3, -0.25) is 4.90 Å². The van der Waals surface area contributed by atoms with Gasteiger partial charge in [-0.1, -0.05) is 0 Å². The van der Waals surface area contributed by atoms with Crippen LogP contribution in [-0.4, -0.2) is 35.3 Å². The molecule has 0 spiro atoms. The van der Waals surface area contributed by atoms with Crippen molar-refractivity contribution < 1.29 is 14.3 Å². The molecule has 118 valence electrons. The van der Waals surface area contributed by atoms with Crippen LogP contribution in [0.15, 0.2) is 27.4 Å². The van der Waals surface area contributed by atoms with Crippen LogP contribution in [0.3, 0.4) is 0 Å². The molecule has 22 heavy (non-hydrogen) atoms. The van der Waals surface area contributed by atoms with Crippen molar-refractivity contribution >= 4 is 11.0 Å². The van der Waals surface area contributed by atoms with E-state index in [1.54, 1.807) is 19.1 Å². The highest BCUT2D eigenvalue weighted by Gasteiger charge is 2.23. The Morgan fingerprint density at radius 3 is 2.64 bits per heavy atom. The third-order valence-electron chi connectivity index (χ3n) is 4.11. The van der Waals surface area contributed by atoms with Crippen LogP contribution in [0.1, 0.15) is 25.0 Å². The van der Waals surface area contributed by atoms with Crippen LogP contribution in [-0.2, 0) is 11.3 Å². The second-order valence-corrected chi connectivity index (χ2v) is 6.13. The van der Waals surface area contributed by atoms with E-state index in [0.717, 1.165) is 24.0 Å². The second-order valence-electron chi connectivity index (χ2n) is 6.13. The fourth-order valence-electron chi connectivity index (χ4n) is 3.20. The largest absolute Gasteiger partial charge is 0.508 e. The predicted molar refractivity (Wildman–Crippen MR) is 84.2 cm³/mol. The molecule has 0 amide bonds. The highest BCUT2D eigenvalue weighted by atomic mass is 16.5. The molecule has 0 radical (unpaired) electrons. The minimum atomic E-state index is -0.384. The van der Waals surface area contributed by atoms with Crippen LogP contribution >= 0.6 is 0 Å². The van der Waals surface area contributed by atoms with Crippen LogP contribution in [0.25, 0.3) is 11.0 Å². The first-order valence-corrected chi connectivity index (χ1v) is 7.57. The molecule has 0 bridgehead atoms. The van der Waals surface area contributed by atoms with Gasteiger partial charge in [-0.25, -0.2) is 4.79 Å². The van der Waals surface area contributed by atoms with Crippen LogP contribution in [0.4, 0.5) is 0 Å². The number of nitrogens with zero attached hydrogens (tertiary/aromatic N) is 1. The zero-order chi connectivity index (χ0) is 15.9. The van der Waals surface area contributed by atoms with Crippen LogP contribution in [0.5, 0.6) is 5.75 Å². The number of phenolic OH excluding ortho intramolecular Hbond substituents is 1. The van der Waals surface area contributed by atoms with Crippen LogP contribution < -0.4 is 5.63 Å². The maximum Gasteiger partial charge on any atom is 0.336 e. The Bertz CT molecular complexity index is 742. The summed E-state index contributed by atoms with van der Waals surface area (Å²) in [4.78, 5) is 14.1. The number of phenols is 1. The molecule has 2 atom stereocenters. The molecule has 3 rings (SSSR count). The van der Waals surface area contributed by atoms with E-state index in [2.05, 4.69) is 18.7 Å². The van der Waals surface area contributed by atoms with Crippen molar-refractivity contribution in [1.82, 2.24) is 4.90 Å². The van der Waals surface area contributed by atoms with E-state index >= 15 is 0 Å². The molecular weight excluding hydrogens is 282 g/mol. The second kappa shape index (κ2) is 5.74. The number of rotatable bonds is 2. The highest BCUT2D eigenvalue weighted by molar-refractivity contribution is 5.84. The van der Waals surface area contributed by atoms with Crippen molar-refractivity contribution in [3.8, 4) is 5.75 Å². The van der Waals surface area contributed by atoms with Gasteiger partial charge >= 0.3 is 5.63 Å². The van der Waals surface area contributed by atoms with Gasteiger partial charge in [0.25, 0.3) is 0 Å². The van der Waals surface area contributed by atoms with Crippen molar-refractivity contribution in [2.45, 2.75) is 39.5 Å². The lowest BCUT2D eigenvalue weighted by Gasteiger charge is -2.35. The van der Waals surface area contributed by atoms with Gasteiger partial charge in [0.2, 0.25) is 0 Å². The Balaban J connectivity index is 2.00. The molecule has 0 aliphatic carbocycles. The Kier molecular flexibility index (Phi) is 3.93. The normalized spacial score (nSPS) is 23.0. The zero-order valence-corrected chi connectivity index (χ0v) is 13.1. The van der Waals surface area contributed by atoms with E-state index in [9.17, 15) is 9.90 Å². The van der Waals surface area contributed by atoms with Gasteiger partial charge in [-0.15, -0.1) is 0 Å². The Labute approximate surface area is 129 Å². The number of aromatic hydroxyl groups is 1. The van der Waals surface area contributed by atoms with Crippen molar-refractivity contribution in [1.29, 1.82) is 0 Å². The summed E-state index contributed by atoms with van der Waals surface area (Å²) in [6.07, 6.45) is 0.363. The van der Waals surface area contributed by atoms with Gasteiger partial charge in [-0.05, 0) is 38.5 Å². The molecule has 0 unspecified atom stereocenters. The monoisotopic (exact) mass is 303 g/mol. The summed E-state index contributed by atoms with van der Waals surface area (Å²) >= 11 is 0. The van der Waals surface area contributed by atoms with E-state index in [1.165, 1.54) is 0 Å². The van der Waals surface area contributed by atoms with Crippen molar-refractivity contribution in [3.05, 3.63) is 39.7 Å². The van der Waals surface area contributed by atoms with E-state index < -0.39 is 0 Å². The van der Waals surface area contributed by atoms with Crippen molar-refractivity contribution in [3.63, 3.8) is 0 Å². The smallest absolute Gasteiger partial charge is 0.336 e. The molecule has 0 saturated carbocycles. The SMILES string of the molecule is Cc1c(O)ccc2c(CN3C[C@@H](C)O[C@@H](C)C3)cc(=O)oc12. The van der Waals surface area contributed by atoms with Gasteiger partial charge in [0.15, 0.2) is 0 Å². The van der Waals surface area contributed by atoms with E-state index in [4.69, 9.17) is 9.15 Å². The predicted octanol–water partition coefficient (Wildman–Crippen LogP) is 2.42. The van der Waals surface area contributed by atoms with E-state index in [0.29, 0.717) is 17.7 Å². The van der Waals surface area contributed by atoms with Crippen LogP contribution in [0.2, 0.25) is 0 Å². The molecule has 1 saturated heterocycles. The lowest BCUT2D eigenvalue weighted by molar-refractivity contribution is -0.0704. The number of benzene rings is 1. The van der Waals surface area contributed by atoms with Gasteiger partial charge < -0.3 is 14.3 Å².